The van der Waals surface area contributed by atoms with Gasteiger partial charge in [-0.3, -0.25) is 0 Å². The lowest BCUT2D eigenvalue weighted by atomic mass is 10.2. The molecule has 1 unspecified atom stereocenters. The van der Waals surface area contributed by atoms with Crippen LogP contribution >= 0.6 is 11.8 Å². The van der Waals surface area contributed by atoms with E-state index in [2.05, 4.69) is 17.1 Å². The molecule has 0 spiro atoms. The van der Waals surface area contributed by atoms with Gasteiger partial charge in [0.1, 0.15) is 0 Å². The van der Waals surface area contributed by atoms with Crippen LogP contribution < -0.4 is 5.32 Å². The van der Waals surface area contributed by atoms with E-state index in [0.29, 0.717) is 0 Å². The number of ether oxygens (including phenoxy) is 1. The lowest BCUT2D eigenvalue weighted by Gasteiger charge is -2.21. The van der Waals surface area contributed by atoms with Crippen molar-refractivity contribution in [2.45, 2.75) is 24.5 Å². The number of hydrogen-bond donors (Lipinski definition) is 1. The molecule has 2 nitrogen and oxygen atoms in total. The van der Waals surface area contributed by atoms with Gasteiger partial charge in [-0.2, -0.15) is 11.8 Å². The summed E-state index contributed by atoms with van der Waals surface area (Å²) >= 11 is 2.09. The van der Waals surface area contributed by atoms with E-state index in [1.807, 2.05) is 0 Å². The van der Waals surface area contributed by atoms with Gasteiger partial charge in [-0.15, -0.1) is 0 Å². The maximum Gasteiger partial charge on any atom is 0.0470 e. The average molecular weight is 189 g/mol. The predicted molar refractivity (Wildman–Crippen MR) is 54.8 cm³/mol. The zero-order valence-corrected chi connectivity index (χ0v) is 8.66. The molecule has 0 aromatic carbocycles. The molecule has 1 saturated heterocycles. The van der Waals surface area contributed by atoms with Crippen molar-refractivity contribution in [3.05, 3.63) is 0 Å². The second-order valence-corrected chi connectivity index (χ2v) is 4.59. The minimum atomic E-state index is 0.857. The summed E-state index contributed by atoms with van der Waals surface area (Å²) < 4.78 is 5.00. The Balaban J connectivity index is 1.91. The van der Waals surface area contributed by atoms with Crippen molar-refractivity contribution in [1.29, 1.82) is 0 Å². The topological polar surface area (TPSA) is 21.3 Å². The normalized spacial score (nSPS) is 24.2. The van der Waals surface area contributed by atoms with Crippen LogP contribution in [-0.4, -0.2) is 37.8 Å². The van der Waals surface area contributed by atoms with Crippen molar-refractivity contribution in [3.63, 3.8) is 0 Å². The molecule has 1 N–H and O–H groups in total. The number of rotatable bonds is 5. The van der Waals surface area contributed by atoms with Crippen molar-refractivity contribution < 1.29 is 4.74 Å². The van der Waals surface area contributed by atoms with Gasteiger partial charge in [-0.05, 0) is 31.6 Å². The number of piperidine rings is 1. The molecule has 0 aromatic rings. The van der Waals surface area contributed by atoms with E-state index in [0.717, 1.165) is 11.9 Å². The first kappa shape index (κ1) is 10.4. The fraction of sp³-hybridized carbons (Fsp3) is 1.00. The molecule has 0 bridgehead atoms. The summed E-state index contributed by atoms with van der Waals surface area (Å²) in [5.41, 5.74) is 0. The van der Waals surface area contributed by atoms with E-state index >= 15 is 0 Å². The monoisotopic (exact) mass is 189 g/mol. The van der Waals surface area contributed by atoms with Crippen LogP contribution in [0, 0.1) is 0 Å². The highest BCUT2D eigenvalue weighted by molar-refractivity contribution is 7.99. The highest BCUT2D eigenvalue weighted by Crippen LogP contribution is 2.18. The van der Waals surface area contributed by atoms with Crippen molar-refractivity contribution >= 4 is 11.8 Å². The van der Waals surface area contributed by atoms with E-state index in [-0.39, 0.29) is 0 Å². The minimum absolute atomic E-state index is 0.857. The fourth-order valence-electron chi connectivity index (χ4n) is 1.42. The Morgan fingerprint density at radius 1 is 1.58 bits per heavy atom. The Morgan fingerprint density at radius 2 is 2.50 bits per heavy atom. The lowest BCUT2D eigenvalue weighted by Crippen LogP contribution is -2.31. The second kappa shape index (κ2) is 6.75. The summed E-state index contributed by atoms with van der Waals surface area (Å²) in [4.78, 5) is 0. The van der Waals surface area contributed by atoms with Crippen LogP contribution in [0.25, 0.3) is 0 Å². The summed E-state index contributed by atoms with van der Waals surface area (Å²) in [5, 5.41) is 4.28. The SMILES string of the molecule is COCCCSC1CCCNC1. The number of methoxy groups -OCH3 is 1. The quantitative estimate of drug-likeness (QED) is 0.662. The first-order chi connectivity index (χ1) is 5.93. The third-order valence-corrected chi connectivity index (χ3v) is 3.50. The Morgan fingerprint density at radius 3 is 3.17 bits per heavy atom. The summed E-state index contributed by atoms with van der Waals surface area (Å²) in [7, 11) is 1.77. The van der Waals surface area contributed by atoms with E-state index in [9.17, 15) is 0 Å². The summed E-state index contributed by atoms with van der Waals surface area (Å²) in [6.45, 7) is 3.33. The molecule has 0 saturated carbocycles. The van der Waals surface area contributed by atoms with Crippen LogP contribution in [-0.2, 0) is 4.74 Å². The third-order valence-electron chi connectivity index (χ3n) is 2.10. The Bertz CT molecular complexity index is 105. The molecule has 1 fully saturated rings. The third kappa shape index (κ3) is 4.33. The number of nitrogens with one attached hydrogen (secondary N) is 1. The van der Waals surface area contributed by atoms with Crippen LogP contribution in [0.2, 0.25) is 0 Å². The standard InChI is InChI=1S/C9H19NOS/c1-11-6-3-7-12-9-4-2-5-10-8-9/h9-10H,2-8H2,1H3. The van der Waals surface area contributed by atoms with Gasteiger partial charge >= 0.3 is 0 Å². The van der Waals surface area contributed by atoms with Crippen LogP contribution in [0.1, 0.15) is 19.3 Å². The number of thioether (sulfide) groups is 1. The first-order valence-electron chi connectivity index (χ1n) is 4.74. The minimum Gasteiger partial charge on any atom is -0.385 e. The fourth-order valence-corrected chi connectivity index (χ4v) is 2.60. The van der Waals surface area contributed by atoms with Crippen LogP contribution in [0.4, 0.5) is 0 Å². The van der Waals surface area contributed by atoms with Gasteiger partial charge < -0.3 is 10.1 Å². The largest absolute Gasteiger partial charge is 0.385 e. The first-order valence-corrected chi connectivity index (χ1v) is 5.79. The Kier molecular flexibility index (Phi) is 5.82. The molecule has 72 valence electrons. The van der Waals surface area contributed by atoms with Crippen molar-refractivity contribution in [3.8, 4) is 0 Å². The molecule has 1 rings (SSSR count). The van der Waals surface area contributed by atoms with Crippen LogP contribution in [0.5, 0.6) is 0 Å². The van der Waals surface area contributed by atoms with E-state index in [1.54, 1.807) is 7.11 Å². The molecule has 0 aromatic heterocycles. The van der Waals surface area contributed by atoms with E-state index in [4.69, 9.17) is 4.74 Å². The molecule has 0 radical (unpaired) electrons. The molecule has 3 heteroatoms. The van der Waals surface area contributed by atoms with Gasteiger partial charge in [0.2, 0.25) is 0 Å². The van der Waals surface area contributed by atoms with Gasteiger partial charge in [0, 0.05) is 25.5 Å². The molecule has 1 heterocycles. The molecule has 12 heavy (non-hydrogen) atoms. The summed E-state index contributed by atoms with van der Waals surface area (Å²) in [6.07, 6.45) is 3.93. The van der Waals surface area contributed by atoms with E-state index < -0.39 is 0 Å². The molecule has 1 aliphatic heterocycles. The summed E-state index contributed by atoms with van der Waals surface area (Å²) in [5.74, 6) is 1.25. The van der Waals surface area contributed by atoms with E-state index in [1.165, 1.54) is 38.1 Å². The molecule has 0 aliphatic carbocycles. The van der Waals surface area contributed by atoms with Crippen molar-refractivity contribution in [1.82, 2.24) is 5.32 Å². The molecule has 1 aliphatic rings. The Hall–Kier alpha value is 0.270. The molecule has 1 atom stereocenters. The average Bonchev–Trinajstić information content (AvgIpc) is 2.14. The van der Waals surface area contributed by atoms with Gasteiger partial charge in [-0.1, -0.05) is 0 Å². The zero-order chi connectivity index (χ0) is 8.65. The number of hydrogen-bond acceptors (Lipinski definition) is 3. The molecule has 0 amide bonds. The van der Waals surface area contributed by atoms with Crippen LogP contribution in [0.15, 0.2) is 0 Å². The maximum absolute atomic E-state index is 5.00. The van der Waals surface area contributed by atoms with Crippen molar-refractivity contribution in [2.24, 2.45) is 0 Å². The second-order valence-electron chi connectivity index (χ2n) is 3.19. The van der Waals surface area contributed by atoms with Gasteiger partial charge in [-0.25, -0.2) is 0 Å². The van der Waals surface area contributed by atoms with Gasteiger partial charge in [0.15, 0.2) is 0 Å². The van der Waals surface area contributed by atoms with Crippen molar-refractivity contribution in [2.75, 3.05) is 32.6 Å². The highest BCUT2D eigenvalue weighted by Gasteiger charge is 2.11. The lowest BCUT2D eigenvalue weighted by molar-refractivity contribution is 0.200. The highest BCUT2D eigenvalue weighted by atomic mass is 32.2. The maximum atomic E-state index is 5.00. The van der Waals surface area contributed by atoms with Crippen LogP contribution in [0.3, 0.4) is 0 Å². The predicted octanol–water partition coefficient (Wildman–Crippen LogP) is 1.51. The summed E-state index contributed by atoms with van der Waals surface area (Å²) in [6, 6.07) is 0. The van der Waals surface area contributed by atoms with Gasteiger partial charge in [0.25, 0.3) is 0 Å². The zero-order valence-electron chi connectivity index (χ0n) is 7.84. The van der Waals surface area contributed by atoms with Gasteiger partial charge in [0.05, 0.1) is 0 Å². The molecular formula is C9H19NOS. The Labute approximate surface area is 79.4 Å². The molecular weight excluding hydrogens is 170 g/mol. The smallest absolute Gasteiger partial charge is 0.0470 e.